The standard InChI is InChI=1S/C54H35N5/c1-2-12-36(13-3-1)37-21-25-40(26-22-37)57-49-18-7-4-14-43(49)45-34-38(23-31-51(45)57)39-24-32-52-46(35-39)44-15-5-8-19-50(44)58(52)41-27-29-42(30-28-41)59-53-20-9-6-16-47(53)56-54(59)48-17-10-11-33-55-48/h1-35H. The number of hydrogen-bond acceptors (Lipinski definition) is 2. The number of nitrogens with zero attached hydrogens (tertiary/aromatic N) is 5. The lowest BCUT2D eigenvalue weighted by Crippen LogP contribution is -2.00. The molecule has 12 rings (SSSR count). The Kier molecular flexibility index (Phi) is 7.47. The van der Waals surface area contributed by atoms with Crippen molar-refractivity contribution in [1.82, 2.24) is 23.7 Å². The fourth-order valence-electron chi connectivity index (χ4n) is 9.00. The Morgan fingerprint density at radius 2 is 0.763 bits per heavy atom. The van der Waals surface area contributed by atoms with Crippen LogP contribution in [0.1, 0.15) is 0 Å². The van der Waals surface area contributed by atoms with Gasteiger partial charge in [0.25, 0.3) is 0 Å². The van der Waals surface area contributed by atoms with Crippen molar-refractivity contribution >= 4 is 54.6 Å². The third kappa shape index (κ3) is 5.33. The van der Waals surface area contributed by atoms with Gasteiger partial charge in [0, 0.05) is 44.8 Å². The third-order valence-electron chi connectivity index (χ3n) is 11.7. The van der Waals surface area contributed by atoms with Gasteiger partial charge in [-0.05, 0) is 119 Å². The summed E-state index contributed by atoms with van der Waals surface area (Å²) in [5.74, 6) is 0.823. The van der Waals surface area contributed by atoms with E-state index in [1.165, 1.54) is 65.9 Å². The van der Waals surface area contributed by atoms with Gasteiger partial charge >= 0.3 is 0 Å². The zero-order valence-electron chi connectivity index (χ0n) is 31.9. The Hall–Kier alpha value is -8.02. The lowest BCUT2D eigenvalue weighted by Gasteiger charge is -2.12. The first-order valence-electron chi connectivity index (χ1n) is 20.0. The molecule has 0 unspecified atom stereocenters. The fourth-order valence-corrected chi connectivity index (χ4v) is 9.00. The number of rotatable bonds is 6. The molecule has 12 aromatic rings. The maximum absolute atomic E-state index is 5.00. The van der Waals surface area contributed by atoms with Gasteiger partial charge in [-0.1, -0.05) is 109 Å². The van der Waals surface area contributed by atoms with Gasteiger partial charge in [-0.2, -0.15) is 0 Å². The quantitative estimate of drug-likeness (QED) is 0.170. The summed E-state index contributed by atoms with van der Waals surface area (Å²) in [6.07, 6.45) is 1.82. The van der Waals surface area contributed by atoms with E-state index in [1.54, 1.807) is 0 Å². The SMILES string of the molecule is c1ccc(-c2ccc(-n3c4ccccc4c4cc(-c5ccc6c(c5)c5ccccc5n6-c5ccc(-n6c(-c7ccccn7)nc7ccccc76)cc5)ccc43)cc2)cc1. The van der Waals surface area contributed by atoms with Crippen LogP contribution in [0.2, 0.25) is 0 Å². The van der Waals surface area contributed by atoms with E-state index in [1.807, 2.05) is 30.5 Å². The Bertz CT molecular complexity index is 3520. The summed E-state index contributed by atoms with van der Waals surface area (Å²) >= 11 is 0. The molecule has 0 spiro atoms. The Morgan fingerprint density at radius 1 is 0.305 bits per heavy atom. The summed E-state index contributed by atoms with van der Waals surface area (Å²) in [6.45, 7) is 0. The maximum atomic E-state index is 5.00. The molecular formula is C54H35N5. The predicted octanol–water partition coefficient (Wildman–Crippen LogP) is 13.6. The third-order valence-corrected chi connectivity index (χ3v) is 11.7. The van der Waals surface area contributed by atoms with Crippen molar-refractivity contribution < 1.29 is 0 Å². The lowest BCUT2D eigenvalue weighted by molar-refractivity contribution is 1.07. The van der Waals surface area contributed by atoms with Crippen LogP contribution in [0.4, 0.5) is 0 Å². The van der Waals surface area contributed by atoms with Gasteiger partial charge in [0.1, 0.15) is 5.69 Å². The molecule has 4 heterocycles. The minimum Gasteiger partial charge on any atom is -0.309 e. The van der Waals surface area contributed by atoms with E-state index in [0.717, 1.165) is 39.6 Å². The predicted molar refractivity (Wildman–Crippen MR) is 244 cm³/mol. The van der Waals surface area contributed by atoms with Crippen LogP contribution < -0.4 is 0 Å². The molecule has 0 amide bonds. The number of pyridine rings is 1. The van der Waals surface area contributed by atoms with Gasteiger partial charge in [0.05, 0.1) is 33.1 Å². The van der Waals surface area contributed by atoms with Crippen LogP contribution >= 0.6 is 0 Å². The van der Waals surface area contributed by atoms with E-state index in [4.69, 9.17) is 4.98 Å². The second kappa shape index (κ2) is 13.3. The Labute approximate surface area is 340 Å². The van der Waals surface area contributed by atoms with Crippen molar-refractivity contribution in [3.8, 4) is 50.8 Å². The number of benzene rings is 8. The van der Waals surface area contributed by atoms with Crippen molar-refractivity contribution in [2.24, 2.45) is 0 Å². The van der Waals surface area contributed by atoms with Crippen LogP contribution in [-0.2, 0) is 0 Å². The molecule has 0 aliphatic rings. The van der Waals surface area contributed by atoms with Crippen molar-refractivity contribution in [1.29, 1.82) is 0 Å². The first kappa shape index (κ1) is 33.2. The number of hydrogen-bond donors (Lipinski definition) is 0. The van der Waals surface area contributed by atoms with Crippen molar-refractivity contribution in [2.75, 3.05) is 0 Å². The minimum atomic E-state index is 0.823. The van der Waals surface area contributed by atoms with Gasteiger partial charge in [-0.15, -0.1) is 0 Å². The maximum Gasteiger partial charge on any atom is 0.164 e. The van der Waals surface area contributed by atoms with Crippen molar-refractivity contribution in [3.05, 3.63) is 212 Å². The summed E-state index contributed by atoms with van der Waals surface area (Å²) < 4.78 is 6.97. The highest BCUT2D eigenvalue weighted by molar-refractivity contribution is 6.12. The molecule has 0 saturated heterocycles. The fraction of sp³-hybridized carbons (Fsp3) is 0. The molecular weight excluding hydrogens is 719 g/mol. The Morgan fingerprint density at radius 3 is 1.36 bits per heavy atom. The highest BCUT2D eigenvalue weighted by atomic mass is 15.1. The van der Waals surface area contributed by atoms with Gasteiger partial charge in [0.2, 0.25) is 0 Å². The van der Waals surface area contributed by atoms with Crippen LogP contribution in [0.15, 0.2) is 212 Å². The molecule has 0 N–H and O–H groups in total. The van der Waals surface area contributed by atoms with E-state index in [0.29, 0.717) is 0 Å². The highest BCUT2D eigenvalue weighted by Crippen LogP contribution is 2.39. The molecule has 0 aliphatic carbocycles. The molecule has 4 aromatic heterocycles. The minimum absolute atomic E-state index is 0.823. The van der Waals surface area contributed by atoms with Crippen molar-refractivity contribution in [3.63, 3.8) is 0 Å². The topological polar surface area (TPSA) is 40.6 Å². The molecule has 59 heavy (non-hydrogen) atoms. The zero-order valence-corrected chi connectivity index (χ0v) is 31.9. The molecule has 0 fully saturated rings. The number of para-hydroxylation sites is 4. The van der Waals surface area contributed by atoms with E-state index in [2.05, 4.69) is 201 Å². The zero-order chi connectivity index (χ0) is 38.9. The second-order valence-electron chi connectivity index (χ2n) is 15.1. The summed E-state index contributed by atoms with van der Waals surface area (Å²) in [5.41, 5.74) is 15.7. The summed E-state index contributed by atoms with van der Waals surface area (Å²) in [5, 5.41) is 4.93. The van der Waals surface area contributed by atoms with Crippen LogP contribution in [0.5, 0.6) is 0 Å². The van der Waals surface area contributed by atoms with Crippen LogP contribution in [0, 0.1) is 0 Å². The van der Waals surface area contributed by atoms with Crippen LogP contribution in [-0.4, -0.2) is 23.7 Å². The smallest absolute Gasteiger partial charge is 0.164 e. The van der Waals surface area contributed by atoms with Gasteiger partial charge in [0.15, 0.2) is 5.82 Å². The van der Waals surface area contributed by atoms with E-state index in [-0.39, 0.29) is 0 Å². The van der Waals surface area contributed by atoms with E-state index in [9.17, 15) is 0 Å². The van der Waals surface area contributed by atoms with Crippen LogP contribution in [0.25, 0.3) is 105 Å². The average molecular weight is 754 g/mol. The molecule has 276 valence electrons. The first-order valence-corrected chi connectivity index (χ1v) is 20.0. The molecule has 0 saturated carbocycles. The largest absolute Gasteiger partial charge is 0.309 e. The second-order valence-corrected chi connectivity index (χ2v) is 15.1. The molecule has 0 radical (unpaired) electrons. The molecule has 5 nitrogen and oxygen atoms in total. The molecule has 0 atom stereocenters. The summed E-state index contributed by atoms with van der Waals surface area (Å²) in [4.78, 5) is 9.65. The number of aromatic nitrogens is 5. The van der Waals surface area contributed by atoms with E-state index < -0.39 is 0 Å². The van der Waals surface area contributed by atoms with Gasteiger partial charge in [-0.3, -0.25) is 9.55 Å². The highest BCUT2D eigenvalue weighted by Gasteiger charge is 2.18. The molecule has 8 aromatic carbocycles. The average Bonchev–Trinajstić information content (AvgIpc) is 3.97. The summed E-state index contributed by atoms with van der Waals surface area (Å²) in [6, 6.07) is 73.8. The number of fused-ring (bicyclic) bond motifs is 7. The molecule has 0 bridgehead atoms. The van der Waals surface area contributed by atoms with Gasteiger partial charge in [-0.25, -0.2) is 4.98 Å². The normalized spacial score (nSPS) is 11.7. The summed E-state index contributed by atoms with van der Waals surface area (Å²) in [7, 11) is 0. The van der Waals surface area contributed by atoms with Crippen LogP contribution in [0.3, 0.4) is 0 Å². The molecule has 5 heteroatoms. The lowest BCUT2D eigenvalue weighted by atomic mass is 10.0. The van der Waals surface area contributed by atoms with E-state index >= 15 is 0 Å². The Balaban J connectivity index is 0.950. The van der Waals surface area contributed by atoms with Gasteiger partial charge < -0.3 is 9.13 Å². The van der Waals surface area contributed by atoms with Crippen molar-refractivity contribution in [2.45, 2.75) is 0 Å². The monoisotopic (exact) mass is 753 g/mol. The number of imidazole rings is 1. The molecule has 0 aliphatic heterocycles. The first-order chi connectivity index (χ1) is 29.3.